The summed E-state index contributed by atoms with van der Waals surface area (Å²) in [5.41, 5.74) is 4.30. The van der Waals surface area contributed by atoms with Crippen LogP contribution in [0.15, 0.2) is 36.5 Å². The molecule has 3 aliphatic carbocycles. The number of aromatic nitrogens is 1. The third-order valence-electron chi connectivity index (χ3n) is 5.32. The molecule has 2 heteroatoms. The summed E-state index contributed by atoms with van der Waals surface area (Å²) in [5, 5.41) is 3.84. The maximum absolute atomic E-state index is 4.59. The smallest absolute Gasteiger partial charge is 0.0161 e. The van der Waals surface area contributed by atoms with Crippen LogP contribution in [0.4, 0.5) is 0 Å². The average molecular weight is 451 g/mol. The molecule has 6 rings (SSSR count). The van der Waals surface area contributed by atoms with Crippen LogP contribution in [-0.2, 0) is 20.1 Å². The van der Waals surface area contributed by atoms with Crippen molar-refractivity contribution in [3.8, 4) is 0 Å². The minimum absolute atomic E-state index is 0. The summed E-state index contributed by atoms with van der Waals surface area (Å²) >= 11 is 0. The van der Waals surface area contributed by atoms with E-state index in [4.69, 9.17) is 0 Å². The van der Waals surface area contributed by atoms with Gasteiger partial charge in [0, 0.05) is 26.3 Å². The standard InChI is InChI=1S/C19H16N.Ir/c1-2-14-7-8-16-17(19(14)20-11-1)10-9-15-12-3-5-13(6-4-12)18(15)16;/h1-2,7-9,11-13H,3-6H2;/q-1;. The fourth-order valence-corrected chi connectivity index (χ4v) is 4.39. The number of rotatable bonds is 0. The molecule has 0 amide bonds. The molecule has 0 aliphatic heterocycles. The molecule has 3 aromatic rings. The minimum Gasteiger partial charge on any atom is -0.304 e. The van der Waals surface area contributed by atoms with E-state index < -0.39 is 0 Å². The molecule has 1 radical (unpaired) electrons. The molecule has 2 aromatic carbocycles. The van der Waals surface area contributed by atoms with E-state index in [9.17, 15) is 0 Å². The van der Waals surface area contributed by atoms with E-state index in [1.807, 2.05) is 12.3 Å². The van der Waals surface area contributed by atoms with Gasteiger partial charge in [-0.25, -0.2) is 0 Å². The van der Waals surface area contributed by atoms with Crippen LogP contribution in [0.1, 0.15) is 48.6 Å². The molecule has 1 heterocycles. The van der Waals surface area contributed by atoms with Crippen LogP contribution in [-0.4, -0.2) is 4.98 Å². The molecule has 3 aliphatic rings. The molecular formula is C19H16IrN-. The Bertz CT molecular complexity index is 831. The van der Waals surface area contributed by atoms with Gasteiger partial charge < -0.3 is 4.98 Å². The minimum atomic E-state index is 0. The Morgan fingerprint density at radius 1 is 1.00 bits per heavy atom. The van der Waals surface area contributed by atoms with Gasteiger partial charge in [0.15, 0.2) is 0 Å². The molecule has 2 bridgehead atoms. The summed E-state index contributed by atoms with van der Waals surface area (Å²) in [5.74, 6) is 1.56. The van der Waals surface area contributed by atoms with E-state index in [-0.39, 0.29) is 20.1 Å². The second-order valence-electron chi connectivity index (χ2n) is 6.27. The summed E-state index contributed by atoms with van der Waals surface area (Å²) in [6.07, 6.45) is 7.39. The number of pyridine rings is 1. The van der Waals surface area contributed by atoms with Crippen molar-refractivity contribution in [3.05, 3.63) is 53.7 Å². The first-order chi connectivity index (χ1) is 9.92. The second-order valence-corrected chi connectivity index (χ2v) is 6.27. The van der Waals surface area contributed by atoms with E-state index in [0.29, 0.717) is 0 Å². The van der Waals surface area contributed by atoms with Crippen molar-refractivity contribution in [1.29, 1.82) is 0 Å². The van der Waals surface area contributed by atoms with Crippen molar-refractivity contribution < 1.29 is 20.1 Å². The fraction of sp³-hybridized carbons (Fsp3) is 0.316. The first-order valence-corrected chi connectivity index (χ1v) is 7.64. The predicted molar refractivity (Wildman–Crippen MR) is 82.0 cm³/mol. The van der Waals surface area contributed by atoms with Crippen LogP contribution < -0.4 is 0 Å². The van der Waals surface area contributed by atoms with Crippen LogP contribution in [0.25, 0.3) is 21.7 Å². The Morgan fingerprint density at radius 2 is 1.81 bits per heavy atom. The summed E-state index contributed by atoms with van der Waals surface area (Å²) in [4.78, 5) is 4.59. The monoisotopic (exact) mass is 451 g/mol. The topological polar surface area (TPSA) is 12.9 Å². The Balaban J connectivity index is 0.00000115. The maximum atomic E-state index is 4.59. The number of nitrogens with zero attached hydrogens (tertiary/aromatic N) is 1. The van der Waals surface area contributed by atoms with Gasteiger partial charge >= 0.3 is 0 Å². The van der Waals surface area contributed by atoms with Crippen LogP contribution in [0.3, 0.4) is 0 Å². The molecule has 0 unspecified atom stereocenters. The number of benzene rings is 2. The van der Waals surface area contributed by atoms with Gasteiger partial charge in [0.25, 0.3) is 0 Å². The Kier molecular flexibility index (Phi) is 3.13. The van der Waals surface area contributed by atoms with Crippen molar-refractivity contribution in [2.75, 3.05) is 0 Å². The van der Waals surface area contributed by atoms with E-state index in [1.54, 1.807) is 11.1 Å². The van der Waals surface area contributed by atoms with Crippen molar-refractivity contribution in [1.82, 2.24) is 4.98 Å². The second kappa shape index (κ2) is 4.90. The van der Waals surface area contributed by atoms with E-state index in [2.05, 4.69) is 35.3 Å². The van der Waals surface area contributed by atoms with Gasteiger partial charge in [0.2, 0.25) is 0 Å². The third kappa shape index (κ3) is 1.82. The van der Waals surface area contributed by atoms with Crippen LogP contribution in [0, 0.1) is 6.07 Å². The number of hydrogen-bond donors (Lipinski definition) is 0. The first-order valence-electron chi connectivity index (χ1n) is 7.64. The van der Waals surface area contributed by atoms with Gasteiger partial charge in [-0.2, -0.15) is 0 Å². The van der Waals surface area contributed by atoms with Crippen molar-refractivity contribution in [2.45, 2.75) is 37.5 Å². The van der Waals surface area contributed by atoms with E-state index in [1.165, 1.54) is 41.8 Å². The summed E-state index contributed by atoms with van der Waals surface area (Å²) in [6, 6.07) is 14.5. The van der Waals surface area contributed by atoms with Gasteiger partial charge in [0.05, 0.1) is 0 Å². The molecule has 21 heavy (non-hydrogen) atoms. The van der Waals surface area contributed by atoms with Crippen molar-refractivity contribution in [2.24, 2.45) is 0 Å². The van der Waals surface area contributed by atoms with Gasteiger partial charge in [-0.1, -0.05) is 37.0 Å². The van der Waals surface area contributed by atoms with Crippen molar-refractivity contribution >= 4 is 21.7 Å². The zero-order valence-corrected chi connectivity index (χ0v) is 14.1. The molecule has 0 atom stereocenters. The first kappa shape index (κ1) is 13.4. The molecule has 0 spiro atoms. The third-order valence-corrected chi connectivity index (χ3v) is 5.32. The zero-order valence-electron chi connectivity index (χ0n) is 11.7. The molecular weight excluding hydrogens is 434 g/mol. The van der Waals surface area contributed by atoms with Gasteiger partial charge in [-0.3, -0.25) is 0 Å². The molecule has 1 nitrogen and oxygen atoms in total. The maximum Gasteiger partial charge on any atom is 0.0161 e. The SMILES string of the molecule is [Ir].[c-]1cc2c(c3ccc4cccnc4c13)C1CCC2CC1. The zero-order chi connectivity index (χ0) is 13.1. The fourth-order valence-electron chi connectivity index (χ4n) is 4.39. The molecule has 1 saturated carbocycles. The van der Waals surface area contributed by atoms with Gasteiger partial charge in [0.1, 0.15) is 0 Å². The number of hydrogen-bond acceptors (Lipinski definition) is 1. The largest absolute Gasteiger partial charge is 0.304 e. The summed E-state index contributed by atoms with van der Waals surface area (Å²) < 4.78 is 0. The van der Waals surface area contributed by atoms with E-state index >= 15 is 0 Å². The molecule has 1 aromatic heterocycles. The normalized spacial score (nSPS) is 23.0. The quantitative estimate of drug-likeness (QED) is 0.349. The predicted octanol–water partition coefficient (Wildman–Crippen LogP) is 4.94. The van der Waals surface area contributed by atoms with Crippen LogP contribution in [0.2, 0.25) is 0 Å². The van der Waals surface area contributed by atoms with Crippen molar-refractivity contribution in [3.63, 3.8) is 0 Å². The molecule has 0 N–H and O–H groups in total. The molecule has 107 valence electrons. The summed E-state index contributed by atoms with van der Waals surface area (Å²) in [7, 11) is 0. The van der Waals surface area contributed by atoms with E-state index in [0.717, 1.165) is 17.4 Å². The average Bonchev–Trinajstić information content (AvgIpc) is 2.55. The molecule has 1 fully saturated rings. The van der Waals surface area contributed by atoms with Gasteiger partial charge in [-0.05, 0) is 35.7 Å². The van der Waals surface area contributed by atoms with Crippen LogP contribution >= 0.6 is 0 Å². The van der Waals surface area contributed by atoms with Gasteiger partial charge in [-0.15, -0.1) is 34.0 Å². The Morgan fingerprint density at radius 3 is 2.67 bits per heavy atom. The Hall–Kier alpha value is -1.24. The molecule has 0 saturated heterocycles. The Labute approximate surface area is 138 Å². The van der Waals surface area contributed by atoms with Crippen LogP contribution in [0.5, 0.6) is 0 Å². The number of fused-ring (bicyclic) bond motifs is 5. The summed E-state index contributed by atoms with van der Waals surface area (Å²) in [6.45, 7) is 0.